The Hall–Kier alpha value is -2.79. The maximum atomic E-state index is 12.1. The van der Waals surface area contributed by atoms with Crippen molar-refractivity contribution in [2.24, 2.45) is 5.92 Å². The maximum absolute atomic E-state index is 12.1. The second-order valence-corrected chi connectivity index (χ2v) is 6.41. The lowest BCUT2D eigenvalue weighted by atomic mass is 9.99. The van der Waals surface area contributed by atoms with Gasteiger partial charge in [-0.25, -0.2) is 0 Å². The Kier molecular flexibility index (Phi) is 6.28. The lowest BCUT2D eigenvalue weighted by Crippen LogP contribution is -2.30. The van der Waals surface area contributed by atoms with E-state index in [0.29, 0.717) is 23.8 Å². The SMILES string of the molecule is O=C(C=Cc1ccccc1O)Nc1cccc(OCC2CCNCC2)c1. The van der Waals surface area contributed by atoms with Crippen molar-refractivity contribution in [3.05, 3.63) is 60.2 Å². The van der Waals surface area contributed by atoms with E-state index in [1.54, 1.807) is 30.3 Å². The maximum Gasteiger partial charge on any atom is 0.248 e. The zero-order chi connectivity index (χ0) is 18.2. The van der Waals surface area contributed by atoms with E-state index in [1.165, 1.54) is 6.08 Å². The fraction of sp³-hybridized carbons (Fsp3) is 0.286. The summed E-state index contributed by atoms with van der Waals surface area (Å²) in [5.74, 6) is 1.22. The van der Waals surface area contributed by atoms with E-state index in [0.717, 1.165) is 31.7 Å². The minimum absolute atomic E-state index is 0.143. The van der Waals surface area contributed by atoms with Crippen LogP contribution >= 0.6 is 0 Å². The van der Waals surface area contributed by atoms with Crippen molar-refractivity contribution in [3.8, 4) is 11.5 Å². The summed E-state index contributed by atoms with van der Waals surface area (Å²) in [5.41, 5.74) is 1.28. The predicted molar refractivity (Wildman–Crippen MR) is 103 cm³/mol. The summed E-state index contributed by atoms with van der Waals surface area (Å²) in [5, 5.41) is 15.9. The molecule has 0 spiro atoms. The van der Waals surface area contributed by atoms with Crippen molar-refractivity contribution in [2.45, 2.75) is 12.8 Å². The smallest absolute Gasteiger partial charge is 0.248 e. The van der Waals surface area contributed by atoms with Gasteiger partial charge in [-0.3, -0.25) is 4.79 Å². The molecule has 2 aromatic carbocycles. The lowest BCUT2D eigenvalue weighted by Gasteiger charge is -2.22. The molecule has 1 fully saturated rings. The van der Waals surface area contributed by atoms with Gasteiger partial charge in [-0.2, -0.15) is 0 Å². The molecule has 5 heteroatoms. The van der Waals surface area contributed by atoms with Crippen LogP contribution in [-0.4, -0.2) is 30.7 Å². The highest BCUT2D eigenvalue weighted by atomic mass is 16.5. The van der Waals surface area contributed by atoms with Gasteiger partial charge in [-0.1, -0.05) is 24.3 Å². The van der Waals surface area contributed by atoms with Crippen LogP contribution in [0.5, 0.6) is 11.5 Å². The quantitative estimate of drug-likeness (QED) is 0.697. The molecule has 0 saturated carbocycles. The number of piperidine rings is 1. The number of para-hydroxylation sites is 1. The first-order valence-corrected chi connectivity index (χ1v) is 8.91. The van der Waals surface area contributed by atoms with Crippen molar-refractivity contribution in [3.63, 3.8) is 0 Å². The van der Waals surface area contributed by atoms with E-state index in [2.05, 4.69) is 10.6 Å². The standard InChI is InChI=1S/C21H24N2O3/c24-20-7-2-1-4-17(20)8-9-21(25)23-18-5-3-6-19(14-18)26-15-16-10-12-22-13-11-16/h1-9,14,16,22,24H,10-13,15H2,(H,23,25). The number of anilines is 1. The number of rotatable bonds is 6. The van der Waals surface area contributed by atoms with Crippen molar-refractivity contribution in [1.29, 1.82) is 0 Å². The number of phenolic OH excluding ortho intramolecular Hbond substituents is 1. The Morgan fingerprint density at radius 2 is 2.00 bits per heavy atom. The number of aromatic hydroxyl groups is 1. The van der Waals surface area contributed by atoms with E-state index in [4.69, 9.17) is 4.74 Å². The first kappa shape index (κ1) is 18.0. The zero-order valence-corrected chi connectivity index (χ0v) is 14.7. The Bertz CT molecular complexity index is 767. The Balaban J connectivity index is 1.54. The fourth-order valence-corrected chi connectivity index (χ4v) is 2.90. The van der Waals surface area contributed by atoms with Crippen molar-refractivity contribution >= 4 is 17.7 Å². The van der Waals surface area contributed by atoms with E-state index in [1.807, 2.05) is 24.3 Å². The van der Waals surface area contributed by atoms with Gasteiger partial charge in [0.1, 0.15) is 11.5 Å². The molecular weight excluding hydrogens is 328 g/mol. The molecule has 0 radical (unpaired) electrons. The zero-order valence-electron chi connectivity index (χ0n) is 14.7. The summed E-state index contributed by atoms with van der Waals surface area (Å²) < 4.78 is 5.88. The number of benzene rings is 2. The van der Waals surface area contributed by atoms with E-state index >= 15 is 0 Å². The van der Waals surface area contributed by atoms with Crippen LogP contribution in [0.3, 0.4) is 0 Å². The van der Waals surface area contributed by atoms with Gasteiger partial charge in [0.2, 0.25) is 5.91 Å². The number of ether oxygens (including phenoxy) is 1. The first-order chi connectivity index (χ1) is 12.7. The van der Waals surface area contributed by atoms with Gasteiger partial charge in [0.15, 0.2) is 0 Å². The van der Waals surface area contributed by atoms with Gasteiger partial charge in [0, 0.05) is 23.4 Å². The average Bonchev–Trinajstić information content (AvgIpc) is 2.67. The van der Waals surface area contributed by atoms with Crippen LogP contribution < -0.4 is 15.4 Å². The third-order valence-electron chi connectivity index (χ3n) is 4.40. The average molecular weight is 352 g/mol. The summed E-state index contributed by atoms with van der Waals surface area (Å²) in [6.45, 7) is 2.80. The number of phenols is 1. The molecule has 1 heterocycles. The van der Waals surface area contributed by atoms with E-state index in [9.17, 15) is 9.90 Å². The molecule has 136 valence electrons. The van der Waals surface area contributed by atoms with Gasteiger partial charge >= 0.3 is 0 Å². The largest absolute Gasteiger partial charge is 0.507 e. The van der Waals surface area contributed by atoms with Crippen LogP contribution in [0.4, 0.5) is 5.69 Å². The topological polar surface area (TPSA) is 70.6 Å². The molecule has 0 unspecified atom stereocenters. The third-order valence-corrected chi connectivity index (χ3v) is 4.40. The molecule has 0 atom stereocenters. The summed E-state index contributed by atoms with van der Waals surface area (Å²) in [6.07, 6.45) is 5.25. The Labute approximate surface area is 153 Å². The highest BCUT2D eigenvalue weighted by Gasteiger charge is 2.13. The summed E-state index contributed by atoms with van der Waals surface area (Å²) in [7, 11) is 0. The predicted octanol–water partition coefficient (Wildman–Crippen LogP) is 3.42. The van der Waals surface area contributed by atoms with Crippen LogP contribution in [0.25, 0.3) is 6.08 Å². The highest BCUT2D eigenvalue weighted by Crippen LogP contribution is 2.21. The number of amides is 1. The highest BCUT2D eigenvalue weighted by molar-refractivity contribution is 6.02. The second-order valence-electron chi connectivity index (χ2n) is 6.41. The van der Waals surface area contributed by atoms with Gasteiger partial charge in [0.05, 0.1) is 6.61 Å². The van der Waals surface area contributed by atoms with Crippen LogP contribution in [0.15, 0.2) is 54.6 Å². The molecule has 1 aliphatic rings. The summed E-state index contributed by atoms with van der Waals surface area (Å²) in [4.78, 5) is 12.1. The monoisotopic (exact) mass is 352 g/mol. The van der Waals surface area contributed by atoms with Crippen LogP contribution in [0.1, 0.15) is 18.4 Å². The third kappa shape index (κ3) is 5.36. The van der Waals surface area contributed by atoms with Crippen molar-refractivity contribution in [2.75, 3.05) is 25.0 Å². The second kappa shape index (κ2) is 9.06. The molecule has 5 nitrogen and oxygen atoms in total. The number of hydrogen-bond acceptors (Lipinski definition) is 4. The van der Waals surface area contributed by atoms with Crippen molar-refractivity contribution < 1.29 is 14.6 Å². The Morgan fingerprint density at radius 1 is 1.19 bits per heavy atom. The summed E-state index contributed by atoms with van der Waals surface area (Å²) in [6, 6.07) is 14.3. The molecule has 1 aliphatic heterocycles. The minimum atomic E-state index is -0.260. The number of hydrogen-bond donors (Lipinski definition) is 3. The molecule has 3 rings (SSSR count). The Morgan fingerprint density at radius 3 is 2.81 bits per heavy atom. The van der Waals surface area contributed by atoms with Crippen molar-refractivity contribution in [1.82, 2.24) is 5.32 Å². The van der Waals surface area contributed by atoms with Gasteiger partial charge in [-0.05, 0) is 56.1 Å². The molecule has 2 aromatic rings. The van der Waals surface area contributed by atoms with Crippen LogP contribution in [0, 0.1) is 5.92 Å². The number of nitrogens with one attached hydrogen (secondary N) is 2. The molecule has 3 N–H and O–H groups in total. The van der Waals surface area contributed by atoms with E-state index < -0.39 is 0 Å². The van der Waals surface area contributed by atoms with Gasteiger partial charge in [-0.15, -0.1) is 0 Å². The molecule has 0 bridgehead atoms. The number of carbonyl (C=O) groups excluding carboxylic acids is 1. The molecule has 0 aliphatic carbocycles. The van der Waals surface area contributed by atoms with Gasteiger partial charge < -0.3 is 20.5 Å². The van der Waals surface area contributed by atoms with Crippen LogP contribution in [-0.2, 0) is 4.79 Å². The summed E-state index contributed by atoms with van der Waals surface area (Å²) >= 11 is 0. The molecule has 26 heavy (non-hydrogen) atoms. The molecule has 0 aromatic heterocycles. The lowest BCUT2D eigenvalue weighted by molar-refractivity contribution is -0.111. The first-order valence-electron chi connectivity index (χ1n) is 8.91. The minimum Gasteiger partial charge on any atom is -0.507 e. The normalized spacial score (nSPS) is 15.1. The molecular formula is C21H24N2O3. The number of carbonyl (C=O) groups is 1. The molecule has 1 saturated heterocycles. The van der Waals surface area contributed by atoms with Crippen LogP contribution in [0.2, 0.25) is 0 Å². The fourth-order valence-electron chi connectivity index (χ4n) is 2.90. The van der Waals surface area contributed by atoms with E-state index in [-0.39, 0.29) is 11.7 Å². The van der Waals surface area contributed by atoms with Gasteiger partial charge in [0.25, 0.3) is 0 Å². The molecule has 1 amide bonds.